The zero-order chi connectivity index (χ0) is 14.9. The van der Waals surface area contributed by atoms with Crippen LogP contribution in [0.2, 0.25) is 0 Å². The Bertz CT molecular complexity index is 258. The molecule has 0 aliphatic heterocycles. The van der Waals surface area contributed by atoms with Crippen LogP contribution in [0.1, 0.15) is 89.9 Å². The van der Waals surface area contributed by atoms with Crippen molar-refractivity contribution in [3.63, 3.8) is 0 Å². The summed E-state index contributed by atoms with van der Waals surface area (Å²) in [5.41, 5.74) is 0. The van der Waals surface area contributed by atoms with E-state index in [1.807, 2.05) is 0 Å². The third-order valence-corrected chi connectivity index (χ3v) is 3.65. The Balaban J connectivity index is 2.99. The van der Waals surface area contributed by atoms with Crippen LogP contribution in [0.4, 0.5) is 0 Å². The molecule has 0 bridgehead atoms. The van der Waals surface area contributed by atoms with E-state index in [2.05, 4.69) is 10.8 Å². The molecule has 0 atom stereocenters. The summed E-state index contributed by atoms with van der Waals surface area (Å²) in [5.74, 6) is -0.0835. The minimum absolute atomic E-state index is 0.0835. The van der Waals surface area contributed by atoms with Crippen molar-refractivity contribution in [2.24, 2.45) is 0 Å². The fourth-order valence-corrected chi connectivity index (χ4v) is 2.34. The molecule has 0 aliphatic rings. The first-order valence-electron chi connectivity index (χ1n) is 8.25. The number of unbranched alkanes of at least 4 members (excludes halogenated alkanes) is 12. The molecule has 0 aromatic heterocycles. The predicted octanol–water partition coefficient (Wildman–Crippen LogP) is 5.14. The van der Waals surface area contributed by atoms with Gasteiger partial charge in [-0.25, -0.2) is 0 Å². The van der Waals surface area contributed by atoms with Gasteiger partial charge in [-0.1, -0.05) is 64.2 Å². The van der Waals surface area contributed by atoms with Gasteiger partial charge in [0.15, 0.2) is 0 Å². The van der Waals surface area contributed by atoms with E-state index in [1.54, 1.807) is 0 Å². The van der Waals surface area contributed by atoms with Crippen LogP contribution in [-0.2, 0) is 9.53 Å². The number of nitriles is 1. The van der Waals surface area contributed by atoms with Crippen LogP contribution in [0.25, 0.3) is 0 Å². The number of ether oxygens (including phenoxy) is 1. The maximum Gasteiger partial charge on any atom is 0.305 e. The number of nitrogens with zero attached hydrogens (tertiary/aromatic N) is 1. The molecule has 0 N–H and O–H groups in total. The van der Waals surface area contributed by atoms with Gasteiger partial charge in [0.25, 0.3) is 0 Å². The van der Waals surface area contributed by atoms with E-state index >= 15 is 0 Å². The maximum absolute atomic E-state index is 10.9. The summed E-state index contributed by atoms with van der Waals surface area (Å²) in [6.07, 6.45) is 16.2. The summed E-state index contributed by atoms with van der Waals surface area (Å²) in [6, 6.07) is 2.19. The molecule has 0 aromatic carbocycles. The van der Waals surface area contributed by atoms with Crippen LogP contribution in [0.15, 0.2) is 0 Å². The Kier molecular flexibility index (Phi) is 15.2. The largest absolute Gasteiger partial charge is 0.469 e. The number of hydrogen-bond acceptors (Lipinski definition) is 3. The van der Waals surface area contributed by atoms with Crippen LogP contribution in [0, 0.1) is 11.3 Å². The van der Waals surface area contributed by atoms with E-state index < -0.39 is 0 Å². The highest BCUT2D eigenvalue weighted by Gasteiger charge is 1.99. The Labute approximate surface area is 124 Å². The first kappa shape index (κ1) is 19.0. The minimum Gasteiger partial charge on any atom is -0.469 e. The summed E-state index contributed by atoms with van der Waals surface area (Å²) >= 11 is 0. The predicted molar refractivity (Wildman–Crippen MR) is 82.3 cm³/mol. The molecule has 0 aromatic rings. The van der Waals surface area contributed by atoms with Gasteiger partial charge in [0.2, 0.25) is 0 Å². The van der Waals surface area contributed by atoms with Crippen LogP contribution in [0.5, 0.6) is 0 Å². The second-order valence-corrected chi connectivity index (χ2v) is 5.48. The second kappa shape index (κ2) is 16.0. The van der Waals surface area contributed by atoms with Gasteiger partial charge in [0, 0.05) is 12.8 Å². The highest BCUT2D eigenvalue weighted by atomic mass is 16.5. The van der Waals surface area contributed by atoms with Gasteiger partial charge in [0.05, 0.1) is 13.2 Å². The van der Waals surface area contributed by atoms with Gasteiger partial charge in [0.1, 0.15) is 0 Å². The average molecular weight is 281 g/mol. The number of esters is 1. The number of carbonyl (C=O) groups excluding carboxylic acids is 1. The molecular formula is C17H31NO2. The highest BCUT2D eigenvalue weighted by molar-refractivity contribution is 5.68. The number of hydrogen-bond donors (Lipinski definition) is 0. The first-order chi connectivity index (χ1) is 9.81. The Morgan fingerprint density at radius 3 is 1.60 bits per heavy atom. The third-order valence-electron chi connectivity index (χ3n) is 3.65. The number of carbonyl (C=O) groups is 1. The summed E-state index contributed by atoms with van der Waals surface area (Å²) in [6.45, 7) is 0. The molecule has 116 valence electrons. The Morgan fingerprint density at radius 1 is 0.800 bits per heavy atom. The monoisotopic (exact) mass is 281 g/mol. The van der Waals surface area contributed by atoms with E-state index in [0.717, 1.165) is 25.7 Å². The first-order valence-corrected chi connectivity index (χ1v) is 8.25. The topological polar surface area (TPSA) is 50.1 Å². The molecule has 0 heterocycles. The molecule has 0 fully saturated rings. The van der Waals surface area contributed by atoms with E-state index in [-0.39, 0.29) is 5.97 Å². The fraction of sp³-hybridized carbons (Fsp3) is 0.882. The van der Waals surface area contributed by atoms with Crippen LogP contribution in [0.3, 0.4) is 0 Å². The van der Waals surface area contributed by atoms with Gasteiger partial charge >= 0.3 is 5.97 Å². The van der Waals surface area contributed by atoms with Crippen molar-refractivity contribution in [2.75, 3.05) is 7.11 Å². The van der Waals surface area contributed by atoms with Crippen LogP contribution >= 0.6 is 0 Å². The van der Waals surface area contributed by atoms with Gasteiger partial charge in [-0.3, -0.25) is 4.79 Å². The lowest BCUT2D eigenvalue weighted by Gasteiger charge is -2.02. The van der Waals surface area contributed by atoms with Gasteiger partial charge < -0.3 is 4.74 Å². The lowest BCUT2D eigenvalue weighted by molar-refractivity contribution is -0.140. The fourth-order valence-electron chi connectivity index (χ4n) is 2.34. The molecule has 0 amide bonds. The second-order valence-electron chi connectivity index (χ2n) is 5.48. The maximum atomic E-state index is 10.9. The third kappa shape index (κ3) is 15.0. The smallest absolute Gasteiger partial charge is 0.305 e. The van der Waals surface area contributed by atoms with E-state index in [1.165, 1.54) is 64.9 Å². The molecule has 3 heteroatoms. The summed E-state index contributed by atoms with van der Waals surface area (Å²) in [7, 11) is 1.45. The summed E-state index contributed by atoms with van der Waals surface area (Å²) in [5, 5.41) is 8.41. The zero-order valence-corrected chi connectivity index (χ0v) is 13.2. The Hall–Kier alpha value is -1.04. The Morgan fingerprint density at radius 2 is 1.20 bits per heavy atom. The van der Waals surface area contributed by atoms with Crippen molar-refractivity contribution in [2.45, 2.75) is 89.9 Å². The normalized spacial score (nSPS) is 10.2. The zero-order valence-electron chi connectivity index (χ0n) is 13.2. The van der Waals surface area contributed by atoms with E-state index in [4.69, 9.17) is 5.26 Å². The van der Waals surface area contributed by atoms with Crippen molar-refractivity contribution >= 4 is 5.97 Å². The van der Waals surface area contributed by atoms with E-state index in [0.29, 0.717) is 6.42 Å². The van der Waals surface area contributed by atoms with E-state index in [9.17, 15) is 4.79 Å². The molecule has 0 radical (unpaired) electrons. The average Bonchev–Trinajstić information content (AvgIpc) is 2.47. The molecule has 0 spiro atoms. The van der Waals surface area contributed by atoms with Crippen molar-refractivity contribution in [3.05, 3.63) is 0 Å². The molecule has 0 aliphatic carbocycles. The molecule has 3 nitrogen and oxygen atoms in total. The SMILES string of the molecule is COC(=O)CCCCCCCCCCCCCCC#N. The van der Waals surface area contributed by atoms with Gasteiger partial charge in [-0.15, -0.1) is 0 Å². The number of methoxy groups -OCH3 is 1. The molecule has 0 unspecified atom stereocenters. The standard InChI is InChI=1S/C17H31NO2/c1-20-17(19)15-13-11-9-7-5-3-2-4-6-8-10-12-14-16-18/h2-15H2,1H3. The van der Waals surface area contributed by atoms with Crippen LogP contribution < -0.4 is 0 Å². The summed E-state index contributed by atoms with van der Waals surface area (Å²) < 4.78 is 4.61. The number of rotatable bonds is 14. The quantitative estimate of drug-likeness (QED) is 0.327. The molecule has 0 saturated carbocycles. The van der Waals surface area contributed by atoms with Gasteiger partial charge in [-0.2, -0.15) is 5.26 Å². The van der Waals surface area contributed by atoms with Crippen molar-refractivity contribution in [1.82, 2.24) is 0 Å². The van der Waals surface area contributed by atoms with Crippen molar-refractivity contribution < 1.29 is 9.53 Å². The summed E-state index contributed by atoms with van der Waals surface area (Å²) in [4.78, 5) is 10.9. The van der Waals surface area contributed by atoms with Gasteiger partial charge in [-0.05, 0) is 12.8 Å². The molecule has 0 saturated heterocycles. The lowest BCUT2D eigenvalue weighted by Crippen LogP contribution is -1.99. The molecule has 0 rings (SSSR count). The minimum atomic E-state index is -0.0835. The highest BCUT2D eigenvalue weighted by Crippen LogP contribution is 2.12. The molecular weight excluding hydrogens is 250 g/mol. The molecule has 20 heavy (non-hydrogen) atoms. The lowest BCUT2D eigenvalue weighted by atomic mass is 10.0. The van der Waals surface area contributed by atoms with Crippen molar-refractivity contribution in [3.8, 4) is 6.07 Å². The van der Waals surface area contributed by atoms with Crippen molar-refractivity contribution in [1.29, 1.82) is 5.26 Å². The van der Waals surface area contributed by atoms with Crippen LogP contribution in [-0.4, -0.2) is 13.1 Å².